The Morgan fingerprint density at radius 2 is 1.88 bits per heavy atom. The number of aromatic hydroxyl groups is 1. The SMILES string of the molecule is CN(C)c1ncnc(-c2ccc3nc(Nc4cc(CN5CCN(C(=O)CC(F)(F)F)CC5)ccn4)[nH]c3c2)c1O. The molecule has 210 valence electrons. The van der Waals surface area contributed by atoms with E-state index in [9.17, 15) is 23.1 Å². The van der Waals surface area contributed by atoms with Crippen LogP contribution in [0.1, 0.15) is 12.0 Å². The minimum absolute atomic E-state index is 0.0138. The highest BCUT2D eigenvalue weighted by Crippen LogP contribution is 2.34. The number of carbonyl (C=O) groups is 1. The van der Waals surface area contributed by atoms with Crippen LogP contribution in [0.4, 0.5) is 30.8 Å². The molecule has 4 aromatic rings. The van der Waals surface area contributed by atoms with Crippen molar-refractivity contribution < 1.29 is 23.1 Å². The van der Waals surface area contributed by atoms with Crippen LogP contribution in [-0.4, -0.2) is 92.2 Å². The molecule has 0 spiro atoms. The van der Waals surface area contributed by atoms with Crippen LogP contribution in [0.5, 0.6) is 5.75 Å². The van der Waals surface area contributed by atoms with E-state index >= 15 is 0 Å². The second-order valence-electron chi connectivity index (χ2n) is 9.73. The Morgan fingerprint density at radius 1 is 1.10 bits per heavy atom. The van der Waals surface area contributed by atoms with E-state index in [1.807, 2.05) is 30.3 Å². The lowest BCUT2D eigenvalue weighted by molar-refractivity contribution is -0.162. The van der Waals surface area contributed by atoms with Gasteiger partial charge < -0.3 is 25.2 Å². The van der Waals surface area contributed by atoms with Crippen molar-refractivity contribution in [1.82, 2.24) is 34.7 Å². The van der Waals surface area contributed by atoms with Gasteiger partial charge in [-0.3, -0.25) is 9.69 Å². The van der Waals surface area contributed by atoms with E-state index in [1.54, 1.807) is 25.2 Å². The number of amides is 1. The van der Waals surface area contributed by atoms with Crippen LogP contribution in [0.2, 0.25) is 0 Å². The van der Waals surface area contributed by atoms with Crippen LogP contribution in [0.15, 0.2) is 42.9 Å². The lowest BCUT2D eigenvalue weighted by Crippen LogP contribution is -2.49. The maximum atomic E-state index is 12.5. The van der Waals surface area contributed by atoms with Crippen molar-refractivity contribution in [3.05, 3.63) is 48.4 Å². The summed E-state index contributed by atoms with van der Waals surface area (Å²) in [7, 11) is 3.58. The molecule has 0 saturated carbocycles. The fraction of sp³-hybridized carbons (Fsp3) is 0.346. The van der Waals surface area contributed by atoms with Gasteiger partial charge in [-0.05, 0) is 29.8 Å². The van der Waals surface area contributed by atoms with Crippen LogP contribution >= 0.6 is 0 Å². The summed E-state index contributed by atoms with van der Waals surface area (Å²) in [5.41, 5.74) is 3.51. The number of imidazole rings is 1. The highest BCUT2D eigenvalue weighted by atomic mass is 19.4. The van der Waals surface area contributed by atoms with Gasteiger partial charge in [-0.15, -0.1) is 0 Å². The zero-order chi connectivity index (χ0) is 28.4. The molecule has 0 aliphatic carbocycles. The number of anilines is 3. The maximum absolute atomic E-state index is 12.5. The van der Waals surface area contributed by atoms with E-state index in [4.69, 9.17) is 0 Å². The molecule has 1 saturated heterocycles. The fourth-order valence-corrected chi connectivity index (χ4v) is 4.58. The third-order valence-corrected chi connectivity index (χ3v) is 6.54. The van der Waals surface area contributed by atoms with Crippen molar-refractivity contribution in [3.8, 4) is 17.0 Å². The second kappa shape index (κ2) is 11.0. The number of halogens is 3. The average Bonchev–Trinajstić information content (AvgIpc) is 3.29. The second-order valence-corrected chi connectivity index (χ2v) is 9.73. The molecule has 0 atom stereocenters. The maximum Gasteiger partial charge on any atom is 0.397 e. The number of H-pyrrole nitrogens is 1. The van der Waals surface area contributed by atoms with Crippen LogP contribution in [0.25, 0.3) is 22.3 Å². The number of hydrogen-bond acceptors (Lipinski definition) is 9. The van der Waals surface area contributed by atoms with Crippen molar-refractivity contribution >= 4 is 34.5 Å². The molecule has 0 unspecified atom stereocenters. The first-order chi connectivity index (χ1) is 19.1. The molecule has 0 bridgehead atoms. The van der Waals surface area contributed by atoms with Gasteiger partial charge in [0.2, 0.25) is 11.9 Å². The minimum atomic E-state index is -4.49. The van der Waals surface area contributed by atoms with Gasteiger partial charge in [0.15, 0.2) is 11.6 Å². The first-order valence-electron chi connectivity index (χ1n) is 12.6. The van der Waals surface area contributed by atoms with Gasteiger partial charge in [0.1, 0.15) is 24.3 Å². The normalized spacial score (nSPS) is 14.5. The van der Waals surface area contributed by atoms with Gasteiger partial charge in [-0.25, -0.2) is 19.9 Å². The van der Waals surface area contributed by atoms with Crippen molar-refractivity contribution in [2.45, 2.75) is 19.1 Å². The summed E-state index contributed by atoms with van der Waals surface area (Å²) in [5.74, 6) is 0.571. The van der Waals surface area contributed by atoms with E-state index in [-0.39, 0.29) is 18.8 Å². The number of fused-ring (bicyclic) bond motifs is 1. The molecule has 14 heteroatoms. The molecule has 1 aromatic carbocycles. The molecule has 0 radical (unpaired) electrons. The molecule has 5 rings (SSSR count). The summed E-state index contributed by atoms with van der Waals surface area (Å²) < 4.78 is 37.6. The number of aromatic nitrogens is 5. The molecule has 40 heavy (non-hydrogen) atoms. The Kier molecular flexibility index (Phi) is 7.43. The summed E-state index contributed by atoms with van der Waals surface area (Å²) >= 11 is 0. The third-order valence-electron chi connectivity index (χ3n) is 6.54. The van der Waals surface area contributed by atoms with Gasteiger partial charge in [0.25, 0.3) is 0 Å². The number of pyridine rings is 1. The Morgan fingerprint density at radius 3 is 2.60 bits per heavy atom. The first-order valence-corrected chi connectivity index (χ1v) is 12.6. The standard InChI is InChI=1S/C26H28F3N9O2/c1-36(2)24-23(40)22(31-15-32-24)17-3-4-18-19(12-17)34-25(33-18)35-20-11-16(5-6-30-20)14-37-7-9-38(10-8-37)21(39)13-26(27,28)29/h3-6,11-12,15,40H,7-10,13-14H2,1-2H3,(H2,30,33,34,35). The predicted molar refractivity (Wildman–Crippen MR) is 143 cm³/mol. The van der Waals surface area contributed by atoms with Crippen LogP contribution in [-0.2, 0) is 11.3 Å². The number of aromatic amines is 1. The zero-order valence-electron chi connectivity index (χ0n) is 21.9. The molecule has 1 aliphatic heterocycles. The zero-order valence-corrected chi connectivity index (χ0v) is 21.9. The molecule has 1 aliphatic rings. The van der Waals surface area contributed by atoms with Crippen LogP contribution in [0.3, 0.4) is 0 Å². The Labute approximate surface area is 227 Å². The number of nitrogens with zero attached hydrogens (tertiary/aromatic N) is 7. The predicted octanol–water partition coefficient (Wildman–Crippen LogP) is 3.53. The lowest BCUT2D eigenvalue weighted by Gasteiger charge is -2.35. The Hall–Kier alpha value is -4.46. The molecule has 11 nitrogen and oxygen atoms in total. The smallest absolute Gasteiger partial charge is 0.397 e. The fourth-order valence-electron chi connectivity index (χ4n) is 4.58. The number of nitrogens with one attached hydrogen (secondary N) is 2. The van der Waals surface area contributed by atoms with Crippen LogP contribution < -0.4 is 10.2 Å². The van der Waals surface area contributed by atoms with Gasteiger partial charge >= 0.3 is 6.18 Å². The number of benzene rings is 1. The summed E-state index contributed by atoms with van der Waals surface area (Å²) in [4.78, 5) is 37.4. The van der Waals surface area contributed by atoms with Crippen molar-refractivity contribution in [2.75, 3.05) is 50.5 Å². The number of carbonyl (C=O) groups excluding carboxylic acids is 1. The van der Waals surface area contributed by atoms with E-state index in [0.29, 0.717) is 54.0 Å². The topological polar surface area (TPSA) is 126 Å². The quantitative estimate of drug-likeness (QED) is 0.314. The van der Waals surface area contributed by atoms with E-state index in [0.717, 1.165) is 11.1 Å². The number of hydrogen-bond donors (Lipinski definition) is 3. The van der Waals surface area contributed by atoms with Gasteiger partial charge in [-0.1, -0.05) is 6.07 Å². The van der Waals surface area contributed by atoms with E-state index < -0.39 is 18.5 Å². The highest BCUT2D eigenvalue weighted by Gasteiger charge is 2.34. The average molecular weight is 556 g/mol. The van der Waals surface area contributed by atoms with Crippen molar-refractivity contribution in [1.29, 1.82) is 0 Å². The highest BCUT2D eigenvalue weighted by molar-refractivity contribution is 5.85. The van der Waals surface area contributed by atoms with E-state index in [1.165, 1.54) is 11.2 Å². The summed E-state index contributed by atoms with van der Waals surface area (Å²) in [6, 6.07) is 9.24. The molecule has 4 heterocycles. The van der Waals surface area contributed by atoms with E-state index in [2.05, 4.69) is 35.1 Å². The number of rotatable bonds is 7. The van der Waals surface area contributed by atoms with Crippen molar-refractivity contribution in [3.63, 3.8) is 0 Å². The first kappa shape index (κ1) is 27.1. The Bertz CT molecular complexity index is 1520. The largest absolute Gasteiger partial charge is 0.503 e. The third kappa shape index (κ3) is 6.22. The lowest BCUT2D eigenvalue weighted by atomic mass is 10.1. The number of alkyl halides is 3. The minimum Gasteiger partial charge on any atom is -0.503 e. The summed E-state index contributed by atoms with van der Waals surface area (Å²) in [6.07, 6.45) is -2.84. The van der Waals surface area contributed by atoms with Crippen molar-refractivity contribution in [2.24, 2.45) is 0 Å². The monoisotopic (exact) mass is 555 g/mol. The molecule has 1 fully saturated rings. The molecular formula is C26H28F3N9O2. The molecule has 3 aromatic heterocycles. The van der Waals surface area contributed by atoms with Crippen LogP contribution in [0, 0.1) is 0 Å². The van der Waals surface area contributed by atoms with Gasteiger partial charge in [0, 0.05) is 58.6 Å². The summed E-state index contributed by atoms with van der Waals surface area (Å²) in [6.45, 7) is 2.06. The summed E-state index contributed by atoms with van der Waals surface area (Å²) in [5, 5.41) is 13.8. The Balaban J connectivity index is 1.24. The number of piperazine rings is 1. The molecule has 3 N–H and O–H groups in total. The van der Waals surface area contributed by atoms with Gasteiger partial charge in [-0.2, -0.15) is 13.2 Å². The molecule has 1 amide bonds. The molecular weight excluding hydrogens is 527 g/mol. The van der Waals surface area contributed by atoms with Gasteiger partial charge in [0.05, 0.1) is 11.0 Å².